The molecule has 0 spiro atoms. The van der Waals surface area contributed by atoms with E-state index in [1.54, 1.807) is 12.1 Å². The summed E-state index contributed by atoms with van der Waals surface area (Å²) in [5, 5.41) is 9.26. The summed E-state index contributed by atoms with van der Waals surface area (Å²) in [4.78, 5) is 30.3. The van der Waals surface area contributed by atoms with Gasteiger partial charge in [-0.25, -0.2) is 19.9 Å². The van der Waals surface area contributed by atoms with Crippen LogP contribution in [-0.2, 0) is 0 Å². The molecule has 33 heavy (non-hydrogen) atoms. The number of rotatable bonds is 6. The Balaban J connectivity index is 1.42. The Morgan fingerprint density at radius 1 is 0.606 bits per heavy atom. The van der Waals surface area contributed by atoms with E-state index in [2.05, 4.69) is 35.9 Å². The quantitative estimate of drug-likeness (QED) is 0.377. The Bertz CT molecular complexity index is 1260. The fourth-order valence-corrected chi connectivity index (χ4v) is 3.40. The molecule has 0 saturated heterocycles. The molecule has 166 valence electrons. The smallest absolute Gasteiger partial charge is 0.255 e. The highest BCUT2D eigenvalue weighted by Gasteiger charge is 2.09. The molecule has 4 aromatic rings. The maximum atomic E-state index is 12.8. The molecule has 2 heterocycles. The van der Waals surface area contributed by atoms with Crippen LogP contribution in [-0.4, -0.2) is 25.8 Å². The van der Waals surface area contributed by atoms with Crippen LogP contribution in [0.3, 0.4) is 0 Å². The van der Waals surface area contributed by atoms with Crippen LogP contribution in [0.4, 0.5) is 29.0 Å². The minimum absolute atomic E-state index is 0.210. The first kappa shape index (κ1) is 21.9. The Hall–Kier alpha value is -4.33. The molecule has 0 atom stereocenters. The van der Waals surface area contributed by atoms with Crippen LogP contribution in [0.2, 0.25) is 0 Å². The zero-order chi connectivity index (χ0) is 23.4. The number of hydrogen-bond acceptors (Lipinski definition) is 7. The molecular weight excluding hydrogens is 414 g/mol. The largest absolute Gasteiger partial charge is 0.324 e. The maximum Gasteiger partial charge on any atom is 0.255 e. The number of aromatic nitrogens is 4. The van der Waals surface area contributed by atoms with Gasteiger partial charge in [0.05, 0.1) is 0 Å². The second-order valence-electron chi connectivity index (χ2n) is 7.81. The lowest BCUT2D eigenvalue weighted by Crippen LogP contribution is -2.12. The SMILES string of the molecule is Cc1cc(C)nc(Nc2ccc(NC(=O)c3cccc(Nc4nc(C)cc(C)n4)c3)cc2)n1. The molecule has 4 rings (SSSR count). The van der Waals surface area contributed by atoms with Gasteiger partial charge in [-0.3, -0.25) is 4.79 Å². The summed E-state index contributed by atoms with van der Waals surface area (Å²) < 4.78 is 0. The highest BCUT2D eigenvalue weighted by molar-refractivity contribution is 6.04. The van der Waals surface area contributed by atoms with Crippen LogP contribution in [0.1, 0.15) is 33.1 Å². The van der Waals surface area contributed by atoms with Crippen molar-refractivity contribution in [3.63, 3.8) is 0 Å². The molecular formula is C25H25N7O. The van der Waals surface area contributed by atoms with Crippen molar-refractivity contribution in [2.45, 2.75) is 27.7 Å². The highest BCUT2D eigenvalue weighted by Crippen LogP contribution is 2.20. The Morgan fingerprint density at radius 2 is 1.09 bits per heavy atom. The first-order valence-corrected chi connectivity index (χ1v) is 10.5. The van der Waals surface area contributed by atoms with Gasteiger partial charge in [-0.2, -0.15) is 0 Å². The maximum absolute atomic E-state index is 12.8. The van der Waals surface area contributed by atoms with Gasteiger partial charge < -0.3 is 16.0 Å². The van der Waals surface area contributed by atoms with Crippen molar-refractivity contribution < 1.29 is 4.79 Å². The summed E-state index contributed by atoms with van der Waals surface area (Å²) in [5.74, 6) is 0.834. The summed E-state index contributed by atoms with van der Waals surface area (Å²) in [6.07, 6.45) is 0. The summed E-state index contributed by atoms with van der Waals surface area (Å²) in [6, 6.07) is 18.4. The van der Waals surface area contributed by atoms with Crippen molar-refractivity contribution in [3.8, 4) is 0 Å². The molecule has 0 unspecified atom stereocenters. The molecule has 2 aromatic carbocycles. The van der Waals surface area contributed by atoms with E-state index in [1.165, 1.54) is 0 Å². The predicted molar refractivity (Wildman–Crippen MR) is 130 cm³/mol. The molecule has 8 heteroatoms. The second kappa shape index (κ2) is 9.44. The molecule has 2 aromatic heterocycles. The van der Waals surface area contributed by atoms with Crippen LogP contribution in [0.25, 0.3) is 0 Å². The molecule has 8 nitrogen and oxygen atoms in total. The molecule has 0 fully saturated rings. The predicted octanol–water partition coefficient (Wildman–Crippen LogP) is 5.24. The fraction of sp³-hybridized carbons (Fsp3) is 0.160. The van der Waals surface area contributed by atoms with Gasteiger partial charge in [0.15, 0.2) is 0 Å². The second-order valence-corrected chi connectivity index (χ2v) is 7.81. The average Bonchev–Trinajstić information content (AvgIpc) is 2.74. The van der Waals surface area contributed by atoms with Gasteiger partial charge in [-0.05, 0) is 82.3 Å². The highest BCUT2D eigenvalue weighted by atomic mass is 16.1. The molecule has 3 N–H and O–H groups in total. The van der Waals surface area contributed by atoms with Crippen molar-refractivity contribution >= 4 is 34.9 Å². The number of anilines is 5. The molecule has 0 aliphatic rings. The van der Waals surface area contributed by atoms with Crippen molar-refractivity contribution in [2.24, 2.45) is 0 Å². The van der Waals surface area contributed by atoms with Gasteiger partial charge in [0.1, 0.15) is 0 Å². The first-order valence-electron chi connectivity index (χ1n) is 10.5. The zero-order valence-corrected chi connectivity index (χ0v) is 19.0. The van der Waals surface area contributed by atoms with Crippen LogP contribution >= 0.6 is 0 Å². The lowest BCUT2D eigenvalue weighted by Gasteiger charge is -2.10. The molecule has 0 radical (unpaired) electrons. The number of carbonyl (C=O) groups excluding carboxylic acids is 1. The van der Waals surface area contributed by atoms with E-state index in [1.807, 2.05) is 76.2 Å². The third-order valence-electron chi connectivity index (χ3n) is 4.74. The number of carbonyl (C=O) groups is 1. The normalized spacial score (nSPS) is 10.5. The molecule has 0 aliphatic carbocycles. The van der Waals surface area contributed by atoms with Gasteiger partial charge >= 0.3 is 0 Å². The van der Waals surface area contributed by atoms with E-state index >= 15 is 0 Å². The van der Waals surface area contributed by atoms with E-state index in [9.17, 15) is 4.79 Å². The molecule has 0 bridgehead atoms. The lowest BCUT2D eigenvalue weighted by atomic mass is 10.2. The standard InChI is InChI=1S/C25H25N7O/c1-15-12-16(2)27-24(26-15)31-21-10-8-20(9-11-21)30-23(33)19-6-5-7-22(14-19)32-25-28-17(3)13-18(4)29-25/h5-14H,1-4H3,(H,30,33)(H,26,27,31)(H,28,29,32). The number of aryl methyl sites for hydroxylation is 4. The number of nitrogens with zero attached hydrogens (tertiary/aromatic N) is 4. The summed E-state index contributed by atoms with van der Waals surface area (Å²) in [7, 11) is 0. The van der Waals surface area contributed by atoms with E-state index in [4.69, 9.17) is 0 Å². The van der Waals surface area contributed by atoms with Crippen molar-refractivity contribution in [1.29, 1.82) is 0 Å². The van der Waals surface area contributed by atoms with E-state index in [0.717, 1.165) is 34.2 Å². The van der Waals surface area contributed by atoms with Crippen molar-refractivity contribution in [2.75, 3.05) is 16.0 Å². The average molecular weight is 440 g/mol. The Labute approximate surface area is 192 Å². The molecule has 1 amide bonds. The molecule has 0 saturated carbocycles. The van der Waals surface area contributed by atoms with Crippen LogP contribution in [0.15, 0.2) is 60.7 Å². The lowest BCUT2D eigenvalue weighted by molar-refractivity contribution is 0.102. The number of amides is 1. The van der Waals surface area contributed by atoms with Gasteiger partial charge in [0.25, 0.3) is 5.91 Å². The van der Waals surface area contributed by atoms with Gasteiger partial charge in [-0.15, -0.1) is 0 Å². The molecule has 0 aliphatic heterocycles. The Kier molecular flexibility index (Phi) is 6.26. The van der Waals surface area contributed by atoms with Gasteiger partial charge in [-0.1, -0.05) is 6.07 Å². The number of benzene rings is 2. The first-order chi connectivity index (χ1) is 15.8. The van der Waals surface area contributed by atoms with Gasteiger partial charge in [0.2, 0.25) is 11.9 Å². The summed E-state index contributed by atoms with van der Waals surface area (Å²) >= 11 is 0. The third-order valence-corrected chi connectivity index (χ3v) is 4.74. The zero-order valence-electron chi connectivity index (χ0n) is 19.0. The number of nitrogens with one attached hydrogen (secondary N) is 3. The van der Waals surface area contributed by atoms with Crippen molar-refractivity contribution in [3.05, 3.63) is 89.0 Å². The van der Waals surface area contributed by atoms with Crippen LogP contribution in [0, 0.1) is 27.7 Å². The van der Waals surface area contributed by atoms with Crippen LogP contribution in [0.5, 0.6) is 0 Å². The fourth-order valence-electron chi connectivity index (χ4n) is 3.40. The minimum Gasteiger partial charge on any atom is -0.324 e. The van der Waals surface area contributed by atoms with Crippen molar-refractivity contribution in [1.82, 2.24) is 19.9 Å². The Morgan fingerprint density at radius 3 is 1.64 bits per heavy atom. The third kappa shape index (κ3) is 5.88. The minimum atomic E-state index is -0.210. The monoisotopic (exact) mass is 439 g/mol. The van der Waals surface area contributed by atoms with E-state index in [-0.39, 0.29) is 5.91 Å². The topological polar surface area (TPSA) is 105 Å². The van der Waals surface area contributed by atoms with E-state index < -0.39 is 0 Å². The summed E-state index contributed by atoms with van der Waals surface area (Å²) in [5.41, 5.74) is 6.32. The number of hydrogen-bond donors (Lipinski definition) is 3. The van der Waals surface area contributed by atoms with Gasteiger partial charge in [0, 0.05) is 45.4 Å². The van der Waals surface area contributed by atoms with Crippen LogP contribution < -0.4 is 16.0 Å². The van der Waals surface area contributed by atoms with E-state index in [0.29, 0.717) is 23.1 Å². The summed E-state index contributed by atoms with van der Waals surface area (Å²) in [6.45, 7) is 7.69.